The van der Waals surface area contributed by atoms with E-state index >= 15 is 0 Å². The van der Waals surface area contributed by atoms with Crippen molar-refractivity contribution in [1.29, 1.82) is 0 Å². The Morgan fingerprint density at radius 1 is 1.29 bits per heavy atom. The van der Waals surface area contributed by atoms with Gasteiger partial charge < -0.3 is 9.32 Å². The van der Waals surface area contributed by atoms with E-state index in [1.807, 2.05) is 19.1 Å². The zero-order valence-electron chi connectivity index (χ0n) is 13.0. The zero-order chi connectivity index (χ0) is 17.3. The Morgan fingerprint density at radius 2 is 2.04 bits per heavy atom. The molecule has 0 bridgehead atoms. The molecule has 0 aliphatic carbocycles. The fourth-order valence-corrected chi connectivity index (χ4v) is 2.86. The van der Waals surface area contributed by atoms with Gasteiger partial charge in [-0.1, -0.05) is 18.2 Å². The van der Waals surface area contributed by atoms with Crippen LogP contribution in [0.2, 0.25) is 0 Å². The molecular formula is C16H16F3N3O2. The van der Waals surface area contributed by atoms with Gasteiger partial charge in [0.15, 0.2) is 0 Å². The SMILES string of the molecule is Cc1ccccc1C(=O)N1CCC[C@@H](c2nnc(C(F)(F)F)o2)C1. The summed E-state index contributed by atoms with van der Waals surface area (Å²) in [6, 6.07) is 7.23. The third-order valence-electron chi connectivity index (χ3n) is 4.12. The number of halogens is 3. The molecule has 0 radical (unpaired) electrons. The minimum Gasteiger partial charge on any atom is -0.417 e. The van der Waals surface area contributed by atoms with Crippen molar-refractivity contribution >= 4 is 5.91 Å². The number of piperidine rings is 1. The van der Waals surface area contributed by atoms with E-state index in [9.17, 15) is 18.0 Å². The number of hydrogen-bond donors (Lipinski definition) is 0. The molecule has 1 amide bonds. The molecule has 1 aromatic heterocycles. The summed E-state index contributed by atoms with van der Waals surface area (Å²) >= 11 is 0. The van der Waals surface area contributed by atoms with Crippen LogP contribution in [0.15, 0.2) is 28.7 Å². The molecule has 1 aliphatic rings. The van der Waals surface area contributed by atoms with Gasteiger partial charge in [0.05, 0.1) is 5.92 Å². The lowest BCUT2D eigenvalue weighted by Crippen LogP contribution is -2.39. The van der Waals surface area contributed by atoms with Gasteiger partial charge in [-0.25, -0.2) is 0 Å². The van der Waals surface area contributed by atoms with Crippen molar-refractivity contribution in [2.45, 2.75) is 31.9 Å². The number of likely N-dealkylation sites (tertiary alicyclic amines) is 1. The highest BCUT2D eigenvalue weighted by atomic mass is 19.4. The molecule has 0 N–H and O–H groups in total. The Labute approximate surface area is 136 Å². The number of hydrogen-bond acceptors (Lipinski definition) is 4. The molecule has 5 nitrogen and oxygen atoms in total. The topological polar surface area (TPSA) is 59.2 Å². The van der Waals surface area contributed by atoms with E-state index in [4.69, 9.17) is 4.42 Å². The van der Waals surface area contributed by atoms with E-state index in [2.05, 4.69) is 10.2 Å². The van der Waals surface area contributed by atoms with Gasteiger partial charge in [-0.3, -0.25) is 4.79 Å². The summed E-state index contributed by atoms with van der Waals surface area (Å²) in [5.41, 5.74) is 1.46. The maximum absolute atomic E-state index is 12.6. The summed E-state index contributed by atoms with van der Waals surface area (Å²) in [7, 11) is 0. The van der Waals surface area contributed by atoms with Crippen LogP contribution < -0.4 is 0 Å². The van der Waals surface area contributed by atoms with Gasteiger partial charge in [0.25, 0.3) is 5.91 Å². The predicted octanol–water partition coefficient (Wildman–Crippen LogP) is 3.42. The lowest BCUT2D eigenvalue weighted by Gasteiger charge is -2.31. The molecule has 1 saturated heterocycles. The molecule has 24 heavy (non-hydrogen) atoms. The second-order valence-corrected chi connectivity index (χ2v) is 5.85. The Morgan fingerprint density at radius 3 is 2.71 bits per heavy atom. The van der Waals surface area contributed by atoms with Gasteiger partial charge in [0, 0.05) is 18.7 Å². The Hall–Kier alpha value is -2.38. The first kappa shape index (κ1) is 16.5. The second kappa shape index (κ2) is 6.26. The lowest BCUT2D eigenvalue weighted by molar-refractivity contribution is -0.157. The standard InChI is InChI=1S/C16H16F3N3O2/c1-10-5-2-3-7-12(10)14(23)22-8-4-6-11(9-22)13-20-21-15(24-13)16(17,18)19/h2-3,5,7,11H,4,6,8-9H2,1H3/t11-/m1/s1. The van der Waals surface area contributed by atoms with Crippen molar-refractivity contribution in [1.82, 2.24) is 15.1 Å². The smallest absolute Gasteiger partial charge is 0.417 e. The molecule has 0 spiro atoms. The first-order chi connectivity index (χ1) is 11.4. The molecular weight excluding hydrogens is 323 g/mol. The van der Waals surface area contributed by atoms with E-state index in [1.54, 1.807) is 17.0 Å². The number of alkyl halides is 3. The number of amides is 1. The van der Waals surface area contributed by atoms with E-state index in [0.29, 0.717) is 24.9 Å². The van der Waals surface area contributed by atoms with Crippen LogP contribution in [0, 0.1) is 6.92 Å². The molecule has 1 fully saturated rings. The minimum atomic E-state index is -4.66. The van der Waals surface area contributed by atoms with Crippen LogP contribution in [0.3, 0.4) is 0 Å². The molecule has 0 unspecified atom stereocenters. The quantitative estimate of drug-likeness (QED) is 0.841. The third-order valence-corrected chi connectivity index (χ3v) is 4.12. The van der Waals surface area contributed by atoms with Crippen molar-refractivity contribution in [3.8, 4) is 0 Å². The number of benzene rings is 1. The maximum Gasteiger partial charge on any atom is 0.470 e. The number of aryl methyl sites for hydroxylation is 1. The predicted molar refractivity (Wildman–Crippen MR) is 78.4 cm³/mol. The molecule has 2 heterocycles. The molecule has 0 saturated carbocycles. The number of carbonyl (C=O) groups is 1. The summed E-state index contributed by atoms with van der Waals surface area (Å²) in [5.74, 6) is -1.92. The van der Waals surface area contributed by atoms with E-state index in [-0.39, 0.29) is 24.3 Å². The number of carbonyl (C=O) groups excluding carboxylic acids is 1. The normalized spacial score (nSPS) is 18.7. The van der Waals surface area contributed by atoms with E-state index < -0.39 is 12.1 Å². The highest BCUT2D eigenvalue weighted by molar-refractivity contribution is 5.95. The fraction of sp³-hybridized carbons (Fsp3) is 0.438. The van der Waals surface area contributed by atoms with E-state index in [1.165, 1.54) is 0 Å². The minimum absolute atomic E-state index is 0.0652. The van der Waals surface area contributed by atoms with Crippen LogP contribution in [0.5, 0.6) is 0 Å². The van der Waals surface area contributed by atoms with Gasteiger partial charge >= 0.3 is 12.1 Å². The first-order valence-corrected chi connectivity index (χ1v) is 7.62. The molecule has 128 valence electrons. The van der Waals surface area contributed by atoms with Crippen LogP contribution >= 0.6 is 0 Å². The van der Waals surface area contributed by atoms with Crippen molar-refractivity contribution in [3.63, 3.8) is 0 Å². The van der Waals surface area contributed by atoms with Gasteiger partial charge in [0.1, 0.15) is 0 Å². The van der Waals surface area contributed by atoms with Crippen molar-refractivity contribution in [3.05, 3.63) is 47.2 Å². The summed E-state index contributed by atoms with van der Waals surface area (Å²) < 4.78 is 42.5. The number of nitrogens with zero attached hydrogens (tertiary/aromatic N) is 3. The molecule has 2 aromatic rings. The highest BCUT2D eigenvalue weighted by Gasteiger charge is 2.39. The third kappa shape index (κ3) is 3.27. The van der Waals surface area contributed by atoms with Gasteiger partial charge in [-0.05, 0) is 31.4 Å². The van der Waals surface area contributed by atoms with Crippen LogP contribution in [-0.4, -0.2) is 34.1 Å². The van der Waals surface area contributed by atoms with Gasteiger partial charge in [-0.2, -0.15) is 13.2 Å². The van der Waals surface area contributed by atoms with Gasteiger partial charge in [-0.15, -0.1) is 10.2 Å². The van der Waals surface area contributed by atoms with Crippen LogP contribution in [0.1, 0.15) is 46.5 Å². The maximum atomic E-state index is 12.6. The highest BCUT2D eigenvalue weighted by Crippen LogP contribution is 2.32. The average Bonchev–Trinajstić information content (AvgIpc) is 3.05. The van der Waals surface area contributed by atoms with Crippen LogP contribution in [0.4, 0.5) is 13.2 Å². The summed E-state index contributed by atoms with van der Waals surface area (Å²) in [6.45, 7) is 2.68. The molecule has 1 atom stereocenters. The summed E-state index contributed by atoms with van der Waals surface area (Å²) in [6.07, 6.45) is -3.38. The van der Waals surface area contributed by atoms with E-state index in [0.717, 1.165) is 5.56 Å². The monoisotopic (exact) mass is 339 g/mol. The van der Waals surface area contributed by atoms with Crippen LogP contribution in [0.25, 0.3) is 0 Å². The zero-order valence-corrected chi connectivity index (χ0v) is 13.0. The van der Waals surface area contributed by atoms with Crippen molar-refractivity contribution < 1.29 is 22.4 Å². The van der Waals surface area contributed by atoms with Crippen molar-refractivity contribution in [2.24, 2.45) is 0 Å². The largest absolute Gasteiger partial charge is 0.470 e. The Kier molecular flexibility index (Phi) is 4.29. The fourth-order valence-electron chi connectivity index (χ4n) is 2.86. The Bertz CT molecular complexity index is 742. The van der Waals surface area contributed by atoms with Gasteiger partial charge in [0.2, 0.25) is 5.89 Å². The summed E-state index contributed by atoms with van der Waals surface area (Å²) in [5, 5.41) is 6.58. The molecule has 8 heteroatoms. The molecule has 1 aliphatic heterocycles. The second-order valence-electron chi connectivity index (χ2n) is 5.85. The summed E-state index contributed by atoms with van der Waals surface area (Å²) in [4.78, 5) is 14.3. The lowest BCUT2D eigenvalue weighted by atomic mass is 9.97. The van der Waals surface area contributed by atoms with Crippen LogP contribution in [-0.2, 0) is 6.18 Å². The van der Waals surface area contributed by atoms with Crippen molar-refractivity contribution in [2.75, 3.05) is 13.1 Å². The number of aromatic nitrogens is 2. The molecule has 1 aromatic carbocycles. The average molecular weight is 339 g/mol. The number of rotatable bonds is 2. The molecule has 3 rings (SSSR count). The first-order valence-electron chi connectivity index (χ1n) is 7.62. The Balaban J connectivity index is 1.76.